The van der Waals surface area contributed by atoms with Crippen LogP contribution in [0.3, 0.4) is 0 Å². The van der Waals surface area contributed by atoms with E-state index in [1.54, 1.807) is 18.2 Å². The fourth-order valence-electron chi connectivity index (χ4n) is 5.58. The van der Waals surface area contributed by atoms with Crippen LogP contribution in [0.4, 0.5) is 5.69 Å². The van der Waals surface area contributed by atoms with Gasteiger partial charge in [0.1, 0.15) is 0 Å². The van der Waals surface area contributed by atoms with Gasteiger partial charge in [0, 0.05) is 16.9 Å². The monoisotopic (exact) mass is 419 g/mol. The molecule has 1 saturated heterocycles. The second-order valence-corrected chi connectivity index (χ2v) is 8.72. The van der Waals surface area contributed by atoms with Crippen molar-refractivity contribution in [3.8, 4) is 0 Å². The molecule has 29 heavy (non-hydrogen) atoms. The molecule has 7 rings (SSSR count). The summed E-state index contributed by atoms with van der Waals surface area (Å²) in [6, 6.07) is 21.3. The Labute approximate surface area is 177 Å². The molecule has 2 atom stereocenters. The van der Waals surface area contributed by atoms with Crippen molar-refractivity contribution < 1.29 is 9.59 Å². The number of carbonyl (C=O) groups is 2. The summed E-state index contributed by atoms with van der Waals surface area (Å²) in [6.45, 7) is 0. The summed E-state index contributed by atoms with van der Waals surface area (Å²) >= 11 is 12.4. The second-order valence-electron chi connectivity index (χ2n) is 7.87. The van der Waals surface area contributed by atoms with Crippen LogP contribution in [-0.4, -0.2) is 11.8 Å². The van der Waals surface area contributed by atoms with E-state index in [0.29, 0.717) is 15.7 Å². The van der Waals surface area contributed by atoms with Crippen LogP contribution in [0.2, 0.25) is 10.0 Å². The summed E-state index contributed by atoms with van der Waals surface area (Å²) in [4.78, 5) is 28.5. The molecule has 2 bridgehead atoms. The lowest BCUT2D eigenvalue weighted by molar-refractivity contribution is -0.122. The molecule has 3 nitrogen and oxygen atoms in total. The topological polar surface area (TPSA) is 37.4 Å². The Bertz CT molecular complexity index is 1110. The van der Waals surface area contributed by atoms with Crippen LogP contribution in [0.15, 0.2) is 66.7 Å². The molecule has 1 heterocycles. The minimum Gasteiger partial charge on any atom is -0.274 e. The third-order valence-corrected chi connectivity index (χ3v) is 7.14. The third-order valence-electron chi connectivity index (χ3n) is 6.60. The molecule has 0 spiro atoms. The predicted octanol–water partition coefficient (Wildman–Crippen LogP) is 5.39. The molecule has 3 aromatic carbocycles. The predicted molar refractivity (Wildman–Crippen MR) is 113 cm³/mol. The van der Waals surface area contributed by atoms with Crippen LogP contribution >= 0.6 is 23.2 Å². The fraction of sp³-hybridized carbons (Fsp3) is 0.167. The average molecular weight is 420 g/mol. The Balaban J connectivity index is 1.57. The zero-order chi connectivity index (χ0) is 19.9. The highest BCUT2D eigenvalue weighted by Gasteiger charge is 2.61. The van der Waals surface area contributed by atoms with Gasteiger partial charge in [0.25, 0.3) is 0 Å². The van der Waals surface area contributed by atoms with Gasteiger partial charge >= 0.3 is 0 Å². The molecule has 0 aromatic heterocycles. The molecule has 142 valence electrons. The van der Waals surface area contributed by atoms with Gasteiger partial charge in [0.15, 0.2) is 0 Å². The normalized spacial score (nSPS) is 26.3. The van der Waals surface area contributed by atoms with Gasteiger partial charge in [-0.3, -0.25) is 9.59 Å². The van der Waals surface area contributed by atoms with E-state index >= 15 is 0 Å². The van der Waals surface area contributed by atoms with Gasteiger partial charge in [-0.25, -0.2) is 4.90 Å². The van der Waals surface area contributed by atoms with Crippen molar-refractivity contribution in [2.24, 2.45) is 11.8 Å². The van der Waals surface area contributed by atoms with Crippen molar-refractivity contribution in [2.75, 3.05) is 4.90 Å². The first-order valence-electron chi connectivity index (χ1n) is 9.58. The summed E-state index contributed by atoms with van der Waals surface area (Å²) in [5.41, 5.74) is 5.03. The Morgan fingerprint density at radius 1 is 0.655 bits per heavy atom. The molecular weight excluding hydrogens is 405 g/mol. The molecule has 0 N–H and O–H groups in total. The van der Waals surface area contributed by atoms with Gasteiger partial charge in [0.05, 0.1) is 22.5 Å². The lowest BCUT2D eigenvalue weighted by Crippen LogP contribution is -2.41. The third kappa shape index (κ3) is 2.15. The highest BCUT2D eigenvalue weighted by atomic mass is 35.5. The Hall–Kier alpha value is -2.62. The van der Waals surface area contributed by atoms with Crippen LogP contribution in [0.25, 0.3) is 0 Å². The summed E-state index contributed by atoms with van der Waals surface area (Å²) < 4.78 is 0. The summed E-state index contributed by atoms with van der Waals surface area (Å²) in [7, 11) is 0. The number of rotatable bonds is 1. The largest absolute Gasteiger partial charge is 0.274 e. The van der Waals surface area contributed by atoms with Crippen LogP contribution < -0.4 is 4.90 Å². The fourth-order valence-corrected chi connectivity index (χ4v) is 6.07. The number of benzene rings is 3. The van der Waals surface area contributed by atoms with Gasteiger partial charge in [0.2, 0.25) is 11.8 Å². The maximum absolute atomic E-state index is 13.6. The number of hydrogen-bond acceptors (Lipinski definition) is 2. The summed E-state index contributed by atoms with van der Waals surface area (Å²) in [6.07, 6.45) is 0. The lowest BCUT2D eigenvalue weighted by Gasteiger charge is -2.45. The minimum absolute atomic E-state index is 0.120. The second kappa shape index (κ2) is 5.94. The SMILES string of the molecule is O=C1[C@H]2C3c4ccccc4C(c4ccccc43)[C@@H]2C(=O)N1c1ccc(Cl)cc1Cl. The quantitative estimate of drug-likeness (QED) is 0.495. The van der Waals surface area contributed by atoms with Gasteiger partial charge in [-0.05, 0) is 40.5 Å². The first-order chi connectivity index (χ1) is 14.1. The van der Waals surface area contributed by atoms with Crippen molar-refractivity contribution in [1.29, 1.82) is 0 Å². The van der Waals surface area contributed by atoms with Crippen LogP contribution in [0.1, 0.15) is 34.1 Å². The van der Waals surface area contributed by atoms with E-state index in [9.17, 15) is 9.59 Å². The molecule has 4 aliphatic rings. The maximum atomic E-state index is 13.6. The Morgan fingerprint density at radius 3 is 1.52 bits per heavy atom. The molecular formula is C24H15Cl2NO2. The van der Waals surface area contributed by atoms with E-state index in [1.165, 1.54) is 4.90 Å². The van der Waals surface area contributed by atoms with Crippen LogP contribution in [-0.2, 0) is 9.59 Å². The van der Waals surface area contributed by atoms with Crippen molar-refractivity contribution in [2.45, 2.75) is 11.8 Å². The zero-order valence-electron chi connectivity index (χ0n) is 15.2. The highest BCUT2D eigenvalue weighted by Crippen LogP contribution is 2.61. The molecule has 3 aliphatic carbocycles. The number of halogens is 2. The summed E-state index contributed by atoms with van der Waals surface area (Å²) in [5.74, 6) is -1.42. The summed E-state index contributed by atoms with van der Waals surface area (Å²) in [5, 5.41) is 0.773. The van der Waals surface area contributed by atoms with Gasteiger partial charge in [-0.15, -0.1) is 0 Å². The molecule has 3 aromatic rings. The zero-order valence-corrected chi connectivity index (χ0v) is 16.7. The standard InChI is InChI=1S/C24H15Cl2NO2/c25-12-9-10-18(17(26)11-12)27-23(28)21-19-13-5-1-2-6-14(13)20(22(21)24(27)29)16-8-4-3-7-15(16)19/h1-11,19-22H/t19?,20?,21-,22-/m0/s1. The molecule has 1 fully saturated rings. The van der Waals surface area contributed by atoms with Gasteiger partial charge in [-0.1, -0.05) is 71.7 Å². The Morgan fingerprint density at radius 2 is 1.10 bits per heavy atom. The molecule has 0 radical (unpaired) electrons. The molecule has 1 aliphatic heterocycles. The first kappa shape index (κ1) is 17.3. The van der Waals surface area contributed by atoms with E-state index < -0.39 is 11.8 Å². The number of anilines is 1. The highest BCUT2D eigenvalue weighted by molar-refractivity contribution is 6.38. The number of hydrogen-bond donors (Lipinski definition) is 0. The van der Waals surface area contributed by atoms with E-state index in [4.69, 9.17) is 23.2 Å². The van der Waals surface area contributed by atoms with Gasteiger partial charge in [-0.2, -0.15) is 0 Å². The van der Waals surface area contributed by atoms with Crippen LogP contribution in [0, 0.1) is 11.8 Å². The number of amides is 2. The van der Waals surface area contributed by atoms with Crippen molar-refractivity contribution in [1.82, 2.24) is 0 Å². The smallest absolute Gasteiger partial charge is 0.238 e. The number of imide groups is 1. The Kier molecular flexibility index (Phi) is 3.54. The van der Waals surface area contributed by atoms with E-state index in [0.717, 1.165) is 22.3 Å². The van der Waals surface area contributed by atoms with Gasteiger partial charge < -0.3 is 0 Å². The molecule has 2 amide bonds. The minimum atomic E-state index is -0.413. The van der Waals surface area contributed by atoms with Crippen LogP contribution in [0.5, 0.6) is 0 Å². The number of nitrogens with zero attached hydrogens (tertiary/aromatic N) is 1. The van der Waals surface area contributed by atoms with E-state index in [2.05, 4.69) is 24.3 Å². The molecule has 0 saturated carbocycles. The maximum Gasteiger partial charge on any atom is 0.238 e. The number of carbonyl (C=O) groups excluding carboxylic acids is 2. The first-order valence-corrected chi connectivity index (χ1v) is 10.3. The van der Waals surface area contributed by atoms with E-state index in [-0.39, 0.29) is 23.7 Å². The van der Waals surface area contributed by atoms with E-state index in [1.807, 2.05) is 24.3 Å². The van der Waals surface area contributed by atoms with Crippen molar-refractivity contribution in [3.05, 3.63) is 99.0 Å². The van der Waals surface area contributed by atoms with Crippen molar-refractivity contribution in [3.63, 3.8) is 0 Å². The lowest BCUT2D eigenvalue weighted by atomic mass is 9.55. The molecule has 5 heteroatoms. The molecule has 0 unspecified atom stereocenters. The average Bonchev–Trinajstić information content (AvgIpc) is 2.99. The van der Waals surface area contributed by atoms with Crippen molar-refractivity contribution >= 4 is 40.7 Å².